The van der Waals surface area contributed by atoms with E-state index in [-0.39, 0.29) is 22.0 Å². The Balaban J connectivity index is 2.30. The highest BCUT2D eigenvalue weighted by Gasteiger charge is 2.52. The molecule has 20 heavy (non-hydrogen) atoms. The summed E-state index contributed by atoms with van der Waals surface area (Å²) < 4.78 is 19.2. The van der Waals surface area contributed by atoms with E-state index in [4.69, 9.17) is 4.74 Å². The second-order valence-corrected chi connectivity index (χ2v) is 6.06. The van der Waals surface area contributed by atoms with Gasteiger partial charge in [0.25, 0.3) is 0 Å². The zero-order chi connectivity index (χ0) is 15.1. The topological polar surface area (TPSA) is 72.6 Å². The number of nitrogens with zero attached hydrogens (tertiary/aromatic N) is 1. The maximum atomic E-state index is 13.5. The number of aliphatic hydroxyl groups excluding tert-OH is 1. The van der Waals surface area contributed by atoms with Crippen molar-refractivity contribution in [3.8, 4) is 5.75 Å². The van der Waals surface area contributed by atoms with Gasteiger partial charge in [0, 0.05) is 24.0 Å². The Morgan fingerprint density at radius 1 is 1.65 bits per heavy atom. The summed E-state index contributed by atoms with van der Waals surface area (Å²) >= 11 is 2.92. The highest BCUT2D eigenvalue weighted by molar-refractivity contribution is 9.10. The molecule has 1 aromatic carbocycles. The van der Waals surface area contributed by atoms with Crippen molar-refractivity contribution in [1.82, 2.24) is 0 Å². The van der Waals surface area contributed by atoms with E-state index in [9.17, 15) is 19.6 Å². The van der Waals surface area contributed by atoms with Crippen molar-refractivity contribution in [3.63, 3.8) is 0 Å². The average molecular weight is 348 g/mol. The number of nitro groups is 1. The van der Waals surface area contributed by atoms with E-state index in [1.54, 1.807) is 0 Å². The SMILES string of the molecule is CCC1(C)C(O)CC1Oc1cc(F)c(Br)cc1[N+](=O)[O-]. The van der Waals surface area contributed by atoms with E-state index in [2.05, 4.69) is 15.9 Å². The monoisotopic (exact) mass is 347 g/mol. The van der Waals surface area contributed by atoms with Crippen LogP contribution in [-0.2, 0) is 0 Å². The molecule has 1 N–H and O–H groups in total. The lowest BCUT2D eigenvalue weighted by molar-refractivity contribution is -0.386. The Bertz CT molecular complexity index is 553. The van der Waals surface area contributed by atoms with Crippen LogP contribution in [0, 0.1) is 21.3 Å². The third-order valence-electron chi connectivity index (χ3n) is 4.16. The molecule has 1 aliphatic rings. The van der Waals surface area contributed by atoms with Crippen LogP contribution in [0.3, 0.4) is 0 Å². The molecule has 0 bridgehead atoms. The predicted octanol–water partition coefficient (Wildman–Crippen LogP) is 3.42. The molecule has 0 aromatic heterocycles. The minimum atomic E-state index is -0.622. The Hall–Kier alpha value is -1.21. The summed E-state index contributed by atoms with van der Waals surface area (Å²) in [5.74, 6) is -0.726. The molecule has 1 saturated carbocycles. The van der Waals surface area contributed by atoms with Gasteiger partial charge in [-0.05, 0) is 22.4 Å². The minimum absolute atomic E-state index is 0.0171. The lowest BCUT2D eigenvalue weighted by Gasteiger charge is -2.50. The van der Waals surface area contributed by atoms with Crippen LogP contribution in [-0.4, -0.2) is 22.2 Å². The first-order valence-electron chi connectivity index (χ1n) is 6.27. The molecule has 0 amide bonds. The van der Waals surface area contributed by atoms with E-state index < -0.39 is 22.3 Å². The van der Waals surface area contributed by atoms with Gasteiger partial charge in [0.1, 0.15) is 11.9 Å². The van der Waals surface area contributed by atoms with E-state index in [1.165, 1.54) is 0 Å². The largest absolute Gasteiger partial charge is 0.483 e. The van der Waals surface area contributed by atoms with Crippen LogP contribution in [0.5, 0.6) is 5.75 Å². The number of nitro benzene ring substituents is 1. The van der Waals surface area contributed by atoms with Gasteiger partial charge in [-0.1, -0.05) is 13.8 Å². The average Bonchev–Trinajstić information content (AvgIpc) is 2.40. The molecule has 5 nitrogen and oxygen atoms in total. The first-order valence-corrected chi connectivity index (χ1v) is 7.07. The fraction of sp³-hybridized carbons (Fsp3) is 0.538. The summed E-state index contributed by atoms with van der Waals surface area (Å²) in [6.45, 7) is 3.77. The molecule has 1 aliphatic carbocycles. The smallest absolute Gasteiger partial charge is 0.312 e. The number of rotatable bonds is 4. The van der Waals surface area contributed by atoms with E-state index >= 15 is 0 Å². The van der Waals surface area contributed by atoms with Crippen LogP contribution in [0.25, 0.3) is 0 Å². The second kappa shape index (κ2) is 5.29. The van der Waals surface area contributed by atoms with Crippen molar-refractivity contribution in [2.75, 3.05) is 0 Å². The number of hydrogen-bond acceptors (Lipinski definition) is 4. The minimum Gasteiger partial charge on any atom is -0.483 e. The zero-order valence-electron chi connectivity index (χ0n) is 11.1. The van der Waals surface area contributed by atoms with Crippen molar-refractivity contribution >= 4 is 21.6 Å². The first-order chi connectivity index (χ1) is 9.29. The molecule has 0 saturated heterocycles. The van der Waals surface area contributed by atoms with Gasteiger partial charge in [-0.2, -0.15) is 0 Å². The zero-order valence-corrected chi connectivity index (χ0v) is 12.7. The Morgan fingerprint density at radius 3 is 2.80 bits per heavy atom. The predicted molar refractivity (Wildman–Crippen MR) is 74.2 cm³/mol. The van der Waals surface area contributed by atoms with Crippen LogP contribution in [0.1, 0.15) is 26.7 Å². The number of ether oxygens (including phenoxy) is 1. The van der Waals surface area contributed by atoms with Crippen LogP contribution >= 0.6 is 15.9 Å². The van der Waals surface area contributed by atoms with Gasteiger partial charge in [-0.25, -0.2) is 4.39 Å². The molecule has 1 fully saturated rings. The molecule has 0 radical (unpaired) electrons. The van der Waals surface area contributed by atoms with Gasteiger partial charge in [-0.15, -0.1) is 0 Å². The standard InChI is InChI=1S/C13H15BrFNO4/c1-3-13(2)11(17)6-12(13)20-10-5-8(15)7(14)4-9(10)16(18)19/h4-5,11-12,17H,3,6H2,1-2H3. The van der Waals surface area contributed by atoms with Crippen molar-refractivity contribution in [1.29, 1.82) is 0 Å². The van der Waals surface area contributed by atoms with Crippen LogP contribution in [0.15, 0.2) is 16.6 Å². The van der Waals surface area contributed by atoms with E-state index in [0.29, 0.717) is 12.8 Å². The van der Waals surface area contributed by atoms with Crippen molar-refractivity contribution in [2.45, 2.75) is 38.9 Å². The molecule has 110 valence electrons. The molecule has 1 aromatic rings. The van der Waals surface area contributed by atoms with Crippen molar-refractivity contribution in [2.24, 2.45) is 5.41 Å². The highest BCUT2D eigenvalue weighted by atomic mass is 79.9. The molecular formula is C13H15BrFNO4. The molecule has 3 atom stereocenters. The van der Waals surface area contributed by atoms with Gasteiger partial charge in [0.05, 0.1) is 15.5 Å². The maximum Gasteiger partial charge on any atom is 0.312 e. The molecule has 0 aliphatic heterocycles. The van der Waals surface area contributed by atoms with E-state index in [0.717, 1.165) is 12.1 Å². The lowest BCUT2D eigenvalue weighted by atomic mass is 9.63. The lowest BCUT2D eigenvalue weighted by Crippen LogP contribution is -2.57. The van der Waals surface area contributed by atoms with Gasteiger partial charge in [0.15, 0.2) is 5.75 Å². The molecule has 0 heterocycles. The summed E-state index contributed by atoms with van der Waals surface area (Å²) in [5, 5.41) is 20.8. The first kappa shape index (κ1) is 15.2. The second-order valence-electron chi connectivity index (χ2n) is 5.21. The fourth-order valence-electron chi connectivity index (χ4n) is 2.35. The Morgan fingerprint density at radius 2 is 2.30 bits per heavy atom. The summed E-state index contributed by atoms with van der Waals surface area (Å²) in [6.07, 6.45) is 0.198. The van der Waals surface area contributed by atoms with Gasteiger partial charge in [0.2, 0.25) is 0 Å². The third kappa shape index (κ3) is 2.40. The maximum absolute atomic E-state index is 13.5. The van der Waals surface area contributed by atoms with Crippen LogP contribution < -0.4 is 4.74 Å². The number of aliphatic hydroxyl groups is 1. The number of halogens is 2. The number of benzene rings is 1. The summed E-state index contributed by atoms with van der Waals surface area (Å²) in [5.41, 5.74) is -0.754. The summed E-state index contributed by atoms with van der Waals surface area (Å²) in [7, 11) is 0. The Labute approximate surface area is 124 Å². The third-order valence-corrected chi connectivity index (χ3v) is 4.77. The number of hydrogen-bond donors (Lipinski definition) is 1. The molecule has 2 rings (SSSR count). The summed E-state index contributed by atoms with van der Waals surface area (Å²) in [4.78, 5) is 10.4. The van der Waals surface area contributed by atoms with Crippen LogP contribution in [0.2, 0.25) is 0 Å². The van der Waals surface area contributed by atoms with Crippen molar-refractivity contribution in [3.05, 3.63) is 32.5 Å². The molecular weight excluding hydrogens is 333 g/mol. The molecule has 3 unspecified atom stereocenters. The van der Waals surface area contributed by atoms with E-state index in [1.807, 2.05) is 13.8 Å². The Kier molecular flexibility index (Phi) is 4.02. The highest BCUT2D eigenvalue weighted by Crippen LogP contribution is 2.47. The van der Waals surface area contributed by atoms with Gasteiger partial charge in [-0.3, -0.25) is 10.1 Å². The molecule has 0 spiro atoms. The summed E-state index contributed by atoms with van der Waals surface area (Å²) in [6, 6.07) is 2.09. The van der Waals surface area contributed by atoms with Gasteiger partial charge >= 0.3 is 5.69 Å². The van der Waals surface area contributed by atoms with Crippen molar-refractivity contribution < 1.29 is 19.2 Å². The quantitative estimate of drug-likeness (QED) is 0.668. The normalized spacial score (nSPS) is 28.9. The van der Waals surface area contributed by atoms with Gasteiger partial charge < -0.3 is 9.84 Å². The molecule has 7 heteroatoms. The van der Waals surface area contributed by atoms with Crippen LogP contribution in [0.4, 0.5) is 10.1 Å². The fourth-order valence-corrected chi connectivity index (χ4v) is 2.68.